The maximum absolute atomic E-state index is 11.9. The van der Waals surface area contributed by atoms with Crippen molar-refractivity contribution in [3.8, 4) is 6.07 Å². The zero-order valence-corrected chi connectivity index (χ0v) is 9.94. The molecule has 0 radical (unpaired) electrons. The SMILES string of the molecule is CCC(C)n1c(C)c(C#N)c(=O)n(C)c1=O. The lowest BCUT2D eigenvalue weighted by Gasteiger charge is -2.17. The largest absolute Gasteiger partial charge is 0.331 e. The van der Waals surface area contributed by atoms with Crippen LogP contribution >= 0.6 is 0 Å². The van der Waals surface area contributed by atoms with Crippen molar-refractivity contribution < 1.29 is 0 Å². The van der Waals surface area contributed by atoms with Crippen LogP contribution in [0, 0.1) is 18.3 Å². The highest BCUT2D eigenvalue weighted by Crippen LogP contribution is 2.10. The summed E-state index contributed by atoms with van der Waals surface area (Å²) in [4.78, 5) is 23.5. The molecule has 1 atom stereocenters. The predicted molar refractivity (Wildman–Crippen MR) is 60.4 cm³/mol. The Balaban J connectivity index is 3.78. The molecule has 0 aromatic carbocycles. The van der Waals surface area contributed by atoms with Crippen molar-refractivity contribution in [3.63, 3.8) is 0 Å². The minimum absolute atomic E-state index is 0.0219. The zero-order valence-electron chi connectivity index (χ0n) is 9.94. The van der Waals surface area contributed by atoms with Gasteiger partial charge in [0.25, 0.3) is 5.56 Å². The molecule has 0 aliphatic carbocycles. The van der Waals surface area contributed by atoms with Crippen LogP contribution in [-0.4, -0.2) is 9.13 Å². The number of aromatic nitrogens is 2. The quantitative estimate of drug-likeness (QED) is 0.738. The van der Waals surface area contributed by atoms with Gasteiger partial charge in [0.05, 0.1) is 0 Å². The summed E-state index contributed by atoms with van der Waals surface area (Å²) in [6.07, 6.45) is 0.768. The third-order valence-corrected chi connectivity index (χ3v) is 2.88. The van der Waals surface area contributed by atoms with Crippen LogP contribution in [0.15, 0.2) is 9.59 Å². The van der Waals surface area contributed by atoms with E-state index in [1.54, 1.807) is 6.92 Å². The normalized spacial score (nSPS) is 12.2. The van der Waals surface area contributed by atoms with Crippen LogP contribution in [0.25, 0.3) is 0 Å². The van der Waals surface area contributed by atoms with Crippen LogP contribution in [0.2, 0.25) is 0 Å². The second-order valence-corrected chi connectivity index (χ2v) is 3.85. The molecule has 0 N–H and O–H groups in total. The van der Waals surface area contributed by atoms with Gasteiger partial charge in [-0.15, -0.1) is 0 Å². The molecule has 0 saturated heterocycles. The number of hydrogen-bond acceptors (Lipinski definition) is 3. The average molecular weight is 221 g/mol. The van der Waals surface area contributed by atoms with E-state index in [0.717, 1.165) is 11.0 Å². The van der Waals surface area contributed by atoms with Crippen molar-refractivity contribution >= 4 is 0 Å². The fourth-order valence-electron chi connectivity index (χ4n) is 1.67. The summed E-state index contributed by atoms with van der Waals surface area (Å²) >= 11 is 0. The third-order valence-electron chi connectivity index (χ3n) is 2.88. The first-order chi connectivity index (χ1) is 7.45. The maximum Gasteiger partial charge on any atom is 0.331 e. The lowest BCUT2D eigenvalue weighted by atomic mass is 10.2. The predicted octanol–water partition coefficient (Wildman–Crippen LogP) is 0.698. The molecule has 5 heteroatoms. The summed E-state index contributed by atoms with van der Waals surface area (Å²) in [6, 6.07) is 1.84. The van der Waals surface area contributed by atoms with Gasteiger partial charge in [-0.3, -0.25) is 13.9 Å². The van der Waals surface area contributed by atoms with E-state index < -0.39 is 5.56 Å². The van der Waals surface area contributed by atoms with Crippen molar-refractivity contribution in [1.82, 2.24) is 9.13 Å². The molecule has 0 bridgehead atoms. The van der Waals surface area contributed by atoms with Crippen LogP contribution in [0.5, 0.6) is 0 Å². The van der Waals surface area contributed by atoms with E-state index in [0.29, 0.717) is 5.69 Å². The Kier molecular flexibility index (Phi) is 3.33. The number of nitriles is 1. The molecule has 0 amide bonds. The third kappa shape index (κ3) is 1.67. The Morgan fingerprint density at radius 2 is 2.00 bits per heavy atom. The monoisotopic (exact) mass is 221 g/mol. The first kappa shape index (κ1) is 12.2. The molecule has 0 aliphatic rings. The van der Waals surface area contributed by atoms with Crippen LogP contribution < -0.4 is 11.2 Å². The second kappa shape index (κ2) is 4.35. The number of hydrogen-bond donors (Lipinski definition) is 0. The van der Waals surface area contributed by atoms with Gasteiger partial charge in [-0.25, -0.2) is 4.79 Å². The molecule has 86 valence electrons. The van der Waals surface area contributed by atoms with Gasteiger partial charge in [0.1, 0.15) is 11.6 Å². The molecule has 16 heavy (non-hydrogen) atoms. The molecule has 0 aliphatic heterocycles. The standard InChI is InChI=1S/C11H15N3O2/c1-5-7(2)14-8(3)9(6-12)10(15)13(4)11(14)16/h7H,5H2,1-4H3. The van der Waals surface area contributed by atoms with E-state index in [-0.39, 0.29) is 17.3 Å². The van der Waals surface area contributed by atoms with Crippen molar-refractivity contribution in [2.75, 3.05) is 0 Å². The summed E-state index contributed by atoms with van der Waals surface area (Å²) in [5.74, 6) is 0. The molecule has 0 fully saturated rings. The molecular weight excluding hydrogens is 206 g/mol. The zero-order chi connectivity index (χ0) is 12.5. The molecule has 5 nitrogen and oxygen atoms in total. The van der Waals surface area contributed by atoms with E-state index in [1.807, 2.05) is 19.9 Å². The van der Waals surface area contributed by atoms with Gasteiger partial charge >= 0.3 is 5.69 Å². The minimum Gasteiger partial charge on any atom is -0.294 e. The van der Waals surface area contributed by atoms with Gasteiger partial charge in [0, 0.05) is 18.8 Å². The molecule has 1 aromatic heterocycles. The van der Waals surface area contributed by atoms with Crippen molar-refractivity contribution in [1.29, 1.82) is 5.26 Å². The fourth-order valence-corrected chi connectivity index (χ4v) is 1.67. The Bertz CT molecular complexity index is 560. The number of nitrogens with zero attached hydrogens (tertiary/aromatic N) is 3. The minimum atomic E-state index is -0.524. The van der Waals surface area contributed by atoms with E-state index in [9.17, 15) is 9.59 Å². The van der Waals surface area contributed by atoms with Gasteiger partial charge in [0.15, 0.2) is 0 Å². The summed E-state index contributed by atoms with van der Waals surface area (Å²) in [5.41, 5.74) is -0.396. The Hall–Kier alpha value is -1.83. The Labute approximate surface area is 93.6 Å². The van der Waals surface area contributed by atoms with Crippen LogP contribution in [-0.2, 0) is 7.05 Å². The van der Waals surface area contributed by atoms with Crippen LogP contribution in [0.4, 0.5) is 0 Å². The molecule has 0 saturated carbocycles. The lowest BCUT2D eigenvalue weighted by molar-refractivity contribution is 0.471. The molecular formula is C11H15N3O2. The van der Waals surface area contributed by atoms with Crippen LogP contribution in [0.3, 0.4) is 0 Å². The van der Waals surface area contributed by atoms with E-state index in [1.165, 1.54) is 11.6 Å². The van der Waals surface area contributed by atoms with Gasteiger partial charge in [-0.2, -0.15) is 5.26 Å². The first-order valence-electron chi connectivity index (χ1n) is 5.17. The summed E-state index contributed by atoms with van der Waals surface area (Å²) < 4.78 is 2.48. The Morgan fingerprint density at radius 3 is 2.44 bits per heavy atom. The topological polar surface area (TPSA) is 67.8 Å². The molecule has 1 unspecified atom stereocenters. The van der Waals surface area contributed by atoms with Crippen molar-refractivity contribution in [3.05, 3.63) is 32.1 Å². The Morgan fingerprint density at radius 1 is 1.44 bits per heavy atom. The van der Waals surface area contributed by atoms with Crippen LogP contribution in [0.1, 0.15) is 37.6 Å². The first-order valence-corrected chi connectivity index (χ1v) is 5.17. The lowest BCUT2D eigenvalue weighted by Crippen LogP contribution is -2.41. The van der Waals surface area contributed by atoms with Crippen molar-refractivity contribution in [2.45, 2.75) is 33.2 Å². The summed E-state index contributed by atoms with van der Waals surface area (Å²) in [6.45, 7) is 5.47. The molecule has 1 rings (SSSR count). The molecule has 0 spiro atoms. The van der Waals surface area contributed by atoms with E-state index in [4.69, 9.17) is 5.26 Å². The van der Waals surface area contributed by atoms with Gasteiger partial charge in [0.2, 0.25) is 0 Å². The van der Waals surface area contributed by atoms with E-state index in [2.05, 4.69) is 0 Å². The van der Waals surface area contributed by atoms with Gasteiger partial charge in [-0.1, -0.05) is 6.92 Å². The van der Waals surface area contributed by atoms with Crippen molar-refractivity contribution in [2.24, 2.45) is 7.05 Å². The number of rotatable bonds is 2. The van der Waals surface area contributed by atoms with E-state index >= 15 is 0 Å². The highest BCUT2D eigenvalue weighted by atomic mass is 16.2. The highest BCUT2D eigenvalue weighted by Gasteiger charge is 2.16. The maximum atomic E-state index is 11.9. The summed E-state index contributed by atoms with van der Waals surface area (Å²) in [5, 5.41) is 8.91. The highest BCUT2D eigenvalue weighted by molar-refractivity contribution is 5.30. The van der Waals surface area contributed by atoms with Gasteiger partial charge in [-0.05, 0) is 20.3 Å². The average Bonchev–Trinajstić information content (AvgIpc) is 2.27. The molecule has 1 aromatic rings. The molecule has 1 heterocycles. The summed E-state index contributed by atoms with van der Waals surface area (Å²) in [7, 11) is 1.39. The smallest absolute Gasteiger partial charge is 0.294 e. The van der Waals surface area contributed by atoms with Gasteiger partial charge < -0.3 is 0 Å². The fraction of sp³-hybridized carbons (Fsp3) is 0.545. The second-order valence-electron chi connectivity index (χ2n) is 3.85.